The fourth-order valence-electron chi connectivity index (χ4n) is 2.56. The number of hydrogen-bond acceptors (Lipinski definition) is 4. The number of nitrogens with zero attached hydrogens (tertiary/aromatic N) is 4. The van der Waals surface area contributed by atoms with Crippen molar-refractivity contribution in [2.24, 2.45) is 7.05 Å². The van der Waals surface area contributed by atoms with Gasteiger partial charge in [0.05, 0.1) is 11.9 Å². The van der Waals surface area contributed by atoms with Crippen LogP contribution in [0.1, 0.15) is 12.7 Å². The molecule has 0 fully saturated rings. The van der Waals surface area contributed by atoms with E-state index in [1.54, 1.807) is 30.2 Å². The molecule has 120 valence electrons. The van der Waals surface area contributed by atoms with Crippen molar-refractivity contribution in [1.82, 2.24) is 19.1 Å². The summed E-state index contributed by atoms with van der Waals surface area (Å²) in [6.45, 7) is 2.63. The summed E-state index contributed by atoms with van der Waals surface area (Å²) in [7, 11) is -1.85. The van der Waals surface area contributed by atoms with Crippen molar-refractivity contribution in [3.63, 3.8) is 0 Å². The lowest BCUT2D eigenvalue weighted by Crippen LogP contribution is -2.14. The van der Waals surface area contributed by atoms with Crippen LogP contribution >= 0.6 is 0 Å². The second-order valence-corrected chi connectivity index (χ2v) is 7.12. The van der Waals surface area contributed by atoms with Gasteiger partial charge in [-0.25, -0.2) is 18.4 Å². The van der Waals surface area contributed by atoms with Gasteiger partial charge in [-0.1, -0.05) is 30.3 Å². The molecular weight excluding hydrogens is 312 g/mol. The molecule has 3 rings (SSSR count). The summed E-state index contributed by atoms with van der Waals surface area (Å²) in [6, 6.07) is 9.60. The van der Waals surface area contributed by atoms with Crippen molar-refractivity contribution in [2.45, 2.75) is 24.4 Å². The minimum absolute atomic E-state index is 0.0574. The number of rotatable bonds is 5. The lowest BCUT2D eigenvalue weighted by Gasteiger charge is -2.08. The Kier molecular flexibility index (Phi) is 4.04. The second kappa shape index (κ2) is 6.00. The average molecular weight is 330 g/mol. The number of benzene rings is 1. The zero-order valence-corrected chi connectivity index (χ0v) is 13.9. The van der Waals surface area contributed by atoms with Gasteiger partial charge < -0.3 is 9.13 Å². The van der Waals surface area contributed by atoms with Gasteiger partial charge in [0, 0.05) is 26.0 Å². The first kappa shape index (κ1) is 15.5. The van der Waals surface area contributed by atoms with E-state index in [1.807, 2.05) is 41.8 Å². The van der Waals surface area contributed by atoms with E-state index in [0.29, 0.717) is 12.4 Å². The fourth-order valence-corrected chi connectivity index (χ4v) is 4.00. The van der Waals surface area contributed by atoms with Crippen molar-refractivity contribution in [1.29, 1.82) is 0 Å². The molecule has 7 heteroatoms. The first-order valence-corrected chi connectivity index (χ1v) is 8.98. The minimum atomic E-state index is -3.57. The van der Waals surface area contributed by atoms with Gasteiger partial charge in [-0.15, -0.1) is 0 Å². The number of imidazole rings is 2. The van der Waals surface area contributed by atoms with E-state index in [1.165, 1.54) is 0 Å². The van der Waals surface area contributed by atoms with Crippen LogP contribution in [0.3, 0.4) is 0 Å². The van der Waals surface area contributed by atoms with Crippen LogP contribution in [-0.4, -0.2) is 27.5 Å². The topological polar surface area (TPSA) is 69.8 Å². The third-order valence-electron chi connectivity index (χ3n) is 3.75. The van der Waals surface area contributed by atoms with Gasteiger partial charge in [-0.2, -0.15) is 0 Å². The quantitative estimate of drug-likeness (QED) is 0.719. The molecule has 0 spiro atoms. The Morgan fingerprint density at radius 1 is 1.13 bits per heavy atom. The van der Waals surface area contributed by atoms with Crippen LogP contribution in [0, 0.1) is 0 Å². The lowest BCUT2D eigenvalue weighted by molar-refractivity contribution is 0.574. The number of sulfone groups is 1. The van der Waals surface area contributed by atoms with E-state index in [0.717, 1.165) is 11.3 Å². The van der Waals surface area contributed by atoms with Crippen LogP contribution in [0.5, 0.6) is 0 Å². The Hall–Kier alpha value is -2.41. The maximum absolute atomic E-state index is 12.7. The summed E-state index contributed by atoms with van der Waals surface area (Å²) in [6.07, 6.45) is 4.98. The third-order valence-corrected chi connectivity index (χ3v) is 5.33. The molecule has 6 nitrogen and oxygen atoms in total. The van der Waals surface area contributed by atoms with Crippen molar-refractivity contribution < 1.29 is 8.42 Å². The lowest BCUT2D eigenvalue weighted by atomic mass is 10.2. The Morgan fingerprint density at radius 2 is 1.87 bits per heavy atom. The monoisotopic (exact) mass is 330 g/mol. The zero-order chi connectivity index (χ0) is 16.4. The number of aromatic nitrogens is 4. The summed E-state index contributed by atoms with van der Waals surface area (Å²) in [5, 5.41) is 0.0574. The highest BCUT2D eigenvalue weighted by Crippen LogP contribution is 2.23. The molecule has 0 amide bonds. The molecule has 0 saturated heterocycles. The highest BCUT2D eigenvalue weighted by atomic mass is 32.2. The summed E-state index contributed by atoms with van der Waals surface area (Å²) in [5.74, 6) is 0.365. The van der Waals surface area contributed by atoms with Crippen LogP contribution in [-0.2, 0) is 29.2 Å². The number of hydrogen-bond donors (Lipinski definition) is 0. The molecule has 0 aliphatic heterocycles. The van der Waals surface area contributed by atoms with Gasteiger partial charge in [0.25, 0.3) is 0 Å². The van der Waals surface area contributed by atoms with E-state index in [4.69, 9.17) is 0 Å². The standard InChI is InChI=1S/C16H18N4O2S/c1-3-20-10-9-17-15(20)12-23(21,22)16-18-11-14(19(16)2)13-7-5-4-6-8-13/h4-11H,3,12H2,1-2H3. The molecule has 0 aliphatic rings. The maximum Gasteiger partial charge on any atom is 0.228 e. The number of aryl methyl sites for hydroxylation is 1. The molecule has 0 atom stereocenters. The normalized spacial score (nSPS) is 11.7. The Balaban J connectivity index is 1.97. The average Bonchev–Trinajstić information content (AvgIpc) is 3.14. The molecule has 1 aromatic carbocycles. The molecule has 0 aliphatic carbocycles. The molecule has 0 saturated carbocycles. The Bertz CT molecular complexity index is 911. The van der Waals surface area contributed by atoms with Crippen molar-refractivity contribution in [2.75, 3.05) is 0 Å². The first-order chi connectivity index (χ1) is 11.0. The van der Waals surface area contributed by atoms with E-state index < -0.39 is 9.84 Å². The zero-order valence-electron chi connectivity index (χ0n) is 13.0. The molecule has 0 radical (unpaired) electrons. The third kappa shape index (κ3) is 2.92. The molecule has 0 N–H and O–H groups in total. The molecule has 2 aromatic heterocycles. The Morgan fingerprint density at radius 3 is 2.57 bits per heavy atom. The van der Waals surface area contributed by atoms with E-state index in [2.05, 4.69) is 9.97 Å². The van der Waals surface area contributed by atoms with Gasteiger partial charge in [0.2, 0.25) is 15.0 Å². The largest absolute Gasteiger partial charge is 0.334 e. The van der Waals surface area contributed by atoms with Crippen molar-refractivity contribution >= 4 is 9.84 Å². The predicted octanol–water partition coefficient (Wildman–Crippen LogP) is 2.28. The minimum Gasteiger partial charge on any atom is -0.334 e. The summed E-state index contributed by atoms with van der Waals surface area (Å²) in [5.41, 5.74) is 1.70. The molecular formula is C16H18N4O2S. The highest BCUT2D eigenvalue weighted by molar-refractivity contribution is 7.90. The van der Waals surface area contributed by atoms with Crippen LogP contribution in [0.15, 0.2) is 54.1 Å². The van der Waals surface area contributed by atoms with Gasteiger partial charge in [-0.05, 0) is 12.5 Å². The first-order valence-electron chi connectivity index (χ1n) is 7.33. The van der Waals surface area contributed by atoms with Gasteiger partial charge >= 0.3 is 0 Å². The molecule has 3 aromatic rings. The van der Waals surface area contributed by atoms with Crippen LogP contribution in [0.4, 0.5) is 0 Å². The predicted molar refractivity (Wildman–Crippen MR) is 87.4 cm³/mol. The smallest absolute Gasteiger partial charge is 0.228 e. The van der Waals surface area contributed by atoms with E-state index in [-0.39, 0.29) is 10.9 Å². The van der Waals surface area contributed by atoms with Crippen LogP contribution in [0.25, 0.3) is 11.3 Å². The van der Waals surface area contributed by atoms with Gasteiger partial charge in [-0.3, -0.25) is 0 Å². The maximum atomic E-state index is 12.7. The van der Waals surface area contributed by atoms with Crippen molar-refractivity contribution in [3.05, 3.63) is 54.7 Å². The second-order valence-electron chi connectivity index (χ2n) is 5.24. The SMILES string of the molecule is CCn1ccnc1CS(=O)(=O)c1ncc(-c2ccccc2)n1C. The van der Waals surface area contributed by atoms with Crippen LogP contribution in [0.2, 0.25) is 0 Å². The van der Waals surface area contributed by atoms with Gasteiger partial charge in [0.1, 0.15) is 11.6 Å². The molecule has 2 heterocycles. The molecule has 0 unspecified atom stereocenters. The summed E-state index contributed by atoms with van der Waals surface area (Å²) < 4.78 is 28.8. The van der Waals surface area contributed by atoms with Crippen LogP contribution < -0.4 is 0 Å². The van der Waals surface area contributed by atoms with Crippen molar-refractivity contribution in [3.8, 4) is 11.3 Å². The molecule has 0 bridgehead atoms. The summed E-state index contributed by atoms with van der Waals surface area (Å²) >= 11 is 0. The van der Waals surface area contributed by atoms with E-state index >= 15 is 0 Å². The highest BCUT2D eigenvalue weighted by Gasteiger charge is 2.24. The Labute approximate surface area is 135 Å². The van der Waals surface area contributed by atoms with Gasteiger partial charge in [0.15, 0.2) is 0 Å². The fraction of sp³-hybridized carbons (Fsp3) is 0.250. The summed E-state index contributed by atoms with van der Waals surface area (Å²) in [4.78, 5) is 8.28. The van der Waals surface area contributed by atoms with E-state index in [9.17, 15) is 8.42 Å². The molecule has 23 heavy (non-hydrogen) atoms.